The number of carbonyl (C=O) groups is 2. The van der Waals surface area contributed by atoms with E-state index in [4.69, 9.17) is 9.52 Å². The van der Waals surface area contributed by atoms with Gasteiger partial charge in [-0.25, -0.2) is 4.98 Å². The first-order chi connectivity index (χ1) is 8.09. The van der Waals surface area contributed by atoms with Crippen LogP contribution in [0, 0.1) is 6.92 Å². The Balaban J connectivity index is 2.14. The minimum absolute atomic E-state index is 0.0150. The second kappa shape index (κ2) is 4.57. The normalized spacial score (nSPS) is 19.6. The van der Waals surface area contributed by atoms with Crippen LogP contribution in [0.4, 0.5) is 0 Å². The van der Waals surface area contributed by atoms with Gasteiger partial charge in [-0.15, -0.1) is 0 Å². The lowest BCUT2D eigenvalue weighted by molar-refractivity contribution is -0.137. The molecule has 2 rings (SSSR count). The highest BCUT2D eigenvalue weighted by atomic mass is 16.4. The monoisotopic (exact) mass is 238 g/mol. The van der Waals surface area contributed by atoms with E-state index in [1.165, 1.54) is 6.39 Å². The van der Waals surface area contributed by atoms with Crippen LogP contribution in [-0.2, 0) is 4.79 Å². The molecule has 0 aliphatic carbocycles. The lowest BCUT2D eigenvalue weighted by atomic mass is 10.1. The minimum Gasteiger partial charge on any atom is -0.481 e. The number of rotatable bonds is 3. The van der Waals surface area contributed by atoms with E-state index in [0.717, 1.165) is 12.8 Å². The molecule has 0 saturated carbocycles. The average Bonchev–Trinajstić information content (AvgIpc) is 2.85. The number of carboxylic acids is 1. The molecule has 1 atom stereocenters. The number of hydrogen-bond acceptors (Lipinski definition) is 4. The van der Waals surface area contributed by atoms with Crippen LogP contribution in [0.1, 0.15) is 35.5 Å². The lowest BCUT2D eigenvalue weighted by Crippen LogP contribution is -2.37. The number of likely N-dealkylation sites (tertiary alicyclic amines) is 1. The molecule has 6 nitrogen and oxygen atoms in total. The van der Waals surface area contributed by atoms with Crippen molar-refractivity contribution in [3.8, 4) is 0 Å². The quantitative estimate of drug-likeness (QED) is 0.851. The molecule has 2 heterocycles. The van der Waals surface area contributed by atoms with Crippen LogP contribution in [0.15, 0.2) is 10.8 Å². The SMILES string of the molecule is Cc1ncoc1C(=O)N1CCCC1CC(=O)O. The van der Waals surface area contributed by atoms with Gasteiger partial charge in [-0.2, -0.15) is 0 Å². The van der Waals surface area contributed by atoms with Crippen LogP contribution >= 0.6 is 0 Å². The summed E-state index contributed by atoms with van der Waals surface area (Å²) in [6.45, 7) is 2.27. The Bertz CT molecular complexity index is 440. The molecule has 1 unspecified atom stereocenters. The molecule has 1 aliphatic rings. The summed E-state index contributed by atoms with van der Waals surface area (Å²) in [6.07, 6.45) is 2.77. The highest BCUT2D eigenvalue weighted by Crippen LogP contribution is 2.23. The van der Waals surface area contributed by atoms with Gasteiger partial charge in [0.25, 0.3) is 5.91 Å². The molecule has 17 heavy (non-hydrogen) atoms. The first kappa shape index (κ1) is 11.6. The number of aromatic nitrogens is 1. The van der Waals surface area contributed by atoms with Crippen molar-refractivity contribution >= 4 is 11.9 Å². The predicted octanol–water partition coefficient (Wildman–Crippen LogP) is 1.06. The maximum Gasteiger partial charge on any atom is 0.305 e. The second-order valence-electron chi connectivity index (χ2n) is 4.16. The molecule has 6 heteroatoms. The number of aliphatic carboxylic acids is 1. The van der Waals surface area contributed by atoms with Gasteiger partial charge in [0.05, 0.1) is 12.1 Å². The summed E-state index contributed by atoms with van der Waals surface area (Å²) in [6, 6.07) is -0.232. The fourth-order valence-corrected chi connectivity index (χ4v) is 2.15. The van der Waals surface area contributed by atoms with Crippen LogP contribution in [0.5, 0.6) is 0 Å². The molecule has 0 spiro atoms. The smallest absolute Gasteiger partial charge is 0.305 e. The Morgan fingerprint density at radius 3 is 3.00 bits per heavy atom. The van der Waals surface area contributed by atoms with Crippen LogP contribution in [0.25, 0.3) is 0 Å². The Labute approximate surface area is 98.2 Å². The summed E-state index contributed by atoms with van der Waals surface area (Å²) in [5, 5.41) is 8.78. The van der Waals surface area contributed by atoms with E-state index >= 15 is 0 Å². The largest absolute Gasteiger partial charge is 0.481 e. The molecule has 1 aromatic heterocycles. The molecular weight excluding hydrogens is 224 g/mol. The van der Waals surface area contributed by atoms with Crippen molar-refractivity contribution in [2.24, 2.45) is 0 Å². The number of carboxylic acid groups (broad SMARTS) is 1. The van der Waals surface area contributed by atoms with Crippen LogP contribution < -0.4 is 0 Å². The molecular formula is C11H14N2O4. The van der Waals surface area contributed by atoms with Gasteiger partial charge in [-0.3, -0.25) is 9.59 Å². The average molecular weight is 238 g/mol. The van der Waals surface area contributed by atoms with Gasteiger partial charge in [0.15, 0.2) is 6.39 Å². The van der Waals surface area contributed by atoms with E-state index in [9.17, 15) is 9.59 Å². The molecule has 92 valence electrons. The number of carbonyl (C=O) groups excluding carboxylic acids is 1. The van der Waals surface area contributed by atoms with Gasteiger partial charge in [0, 0.05) is 12.6 Å². The van der Waals surface area contributed by atoms with Crippen molar-refractivity contribution < 1.29 is 19.1 Å². The third-order valence-electron chi connectivity index (χ3n) is 2.99. The number of nitrogens with zero attached hydrogens (tertiary/aromatic N) is 2. The number of amides is 1. The van der Waals surface area contributed by atoms with Gasteiger partial charge in [0.2, 0.25) is 5.76 Å². The van der Waals surface area contributed by atoms with Crippen molar-refractivity contribution in [2.45, 2.75) is 32.2 Å². The fourth-order valence-electron chi connectivity index (χ4n) is 2.15. The van der Waals surface area contributed by atoms with Crippen molar-refractivity contribution in [3.63, 3.8) is 0 Å². The minimum atomic E-state index is -0.885. The van der Waals surface area contributed by atoms with E-state index in [0.29, 0.717) is 12.2 Å². The van der Waals surface area contributed by atoms with Crippen molar-refractivity contribution in [1.29, 1.82) is 0 Å². The van der Waals surface area contributed by atoms with E-state index in [1.807, 2.05) is 0 Å². The third-order valence-corrected chi connectivity index (χ3v) is 2.99. The van der Waals surface area contributed by atoms with E-state index in [2.05, 4.69) is 4.98 Å². The van der Waals surface area contributed by atoms with Crippen molar-refractivity contribution in [2.75, 3.05) is 6.54 Å². The van der Waals surface area contributed by atoms with E-state index < -0.39 is 5.97 Å². The third kappa shape index (κ3) is 2.30. The molecule has 1 aromatic rings. The molecule has 1 amide bonds. The standard InChI is InChI=1S/C11H14N2O4/c1-7-10(17-6-12-7)11(16)13-4-2-3-8(13)5-9(14)15/h6,8H,2-5H2,1H3,(H,14,15). The highest BCUT2D eigenvalue weighted by molar-refractivity contribution is 5.93. The van der Waals surface area contributed by atoms with Gasteiger partial charge < -0.3 is 14.4 Å². The van der Waals surface area contributed by atoms with Gasteiger partial charge in [-0.05, 0) is 19.8 Å². The van der Waals surface area contributed by atoms with E-state index in [1.54, 1.807) is 11.8 Å². The maximum absolute atomic E-state index is 12.1. The summed E-state index contributed by atoms with van der Waals surface area (Å²) in [5.41, 5.74) is 0.538. The molecule has 1 saturated heterocycles. The molecule has 0 bridgehead atoms. The number of aryl methyl sites for hydroxylation is 1. The lowest BCUT2D eigenvalue weighted by Gasteiger charge is -2.22. The topological polar surface area (TPSA) is 83.6 Å². The predicted molar refractivity (Wildman–Crippen MR) is 57.6 cm³/mol. The zero-order chi connectivity index (χ0) is 12.4. The van der Waals surface area contributed by atoms with Crippen LogP contribution in [0.2, 0.25) is 0 Å². The maximum atomic E-state index is 12.1. The highest BCUT2D eigenvalue weighted by Gasteiger charge is 2.33. The van der Waals surface area contributed by atoms with Gasteiger partial charge in [0.1, 0.15) is 0 Å². The summed E-state index contributed by atoms with van der Waals surface area (Å²) < 4.78 is 5.04. The molecule has 0 radical (unpaired) electrons. The number of hydrogen-bond donors (Lipinski definition) is 1. The Morgan fingerprint density at radius 1 is 1.65 bits per heavy atom. The number of oxazole rings is 1. The van der Waals surface area contributed by atoms with Crippen LogP contribution in [-0.4, -0.2) is 39.5 Å². The Morgan fingerprint density at radius 2 is 2.41 bits per heavy atom. The van der Waals surface area contributed by atoms with Crippen molar-refractivity contribution in [1.82, 2.24) is 9.88 Å². The van der Waals surface area contributed by atoms with Crippen molar-refractivity contribution in [3.05, 3.63) is 17.8 Å². The molecule has 0 aromatic carbocycles. The Kier molecular flexibility index (Phi) is 3.12. The summed E-state index contributed by atoms with van der Waals surface area (Å²) in [5.74, 6) is -0.935. The van der Waals surface area contributed by atoms with Crippen LogP contribution in [0.3, 0.4) is 0 Å². The summed E-state index contributed by atoms with van der Waals surface area (Å²) in [4.78, 5) is 28.3. The molecule has 1 N–H and O–H groups in total. The van der Waals surface area contributed by atoms with E-state index in [-0.39, 0.29) is 24.1 Å². The summed E-state index contributed by atoms with van der Waals surface area (Å²) >= 11 is 0. The first-order valence-corrected chi connectivity index (χ1v) is 5.52. The zero-order valence-electron chi connectivity index (χ0n) is 9.55. The molecule has 1 aliphatic heterocycles. The second-order valence-corrected chi connectivity index (χ2v) is 4.16. The Hall–Kier alpha value is -1.85. The molecule has 1 fully saturated rings. The zero-order valence-corrected chi connectivity index (χ0v) is 9.55. The van der Waals surface area contributed by atoms with Gasteiger partial charge in [-0.1, -0.05) is 0 Å². The first-order valence-electron chi connectivity index (χ1n) is 5.52. The summed E-state index contributed by atoms with van der Waals surface area (Å²) in [7, 11) is 0. The van der Waals surface area contributed by atoms with Gasteiger partial charge >= 0.3 is 5.97 Å². The fraction of sp³-hybridized carbons (Fsp3) is 0.545.